The smallest absolute Gasteiger partial charge is 0.419 e. The topological polar surface area (TPSA) is 66.6 Å². The van der Waals surface area contributed by atoms with Crippen LogP contribution in [0, 0.1) is 0 Å². The largest absolute Gasteiger partial charge is 0.490 e. The van der Waals surface area contributed by atoms with Gasteiger partial charge in [-0.3, -0.25) is 0 Å². The van der Waals surface area contributed by atoms with E-state index in [1.807, 2.05) is 0 Å². The zero-order valence-corrected chi connectivity index (χ0v) is 17.3. The van der Waals surface area contributed by atoms with Crippen molar-refractivity contribution < 1.29 is 31.9 Å². The summed E-state index contributed by atoms with van der Waals surface area (Å²) in [6.07, 6.45) is -5.50. The zero-order chi connectivity index (χ0) is 22.2. The van der Waals surface area contributed by atoms with Gasteiger partial charge in [0.2, 0.25) is 5.82 Å². The Balaban J connectivity index is 1.64. The van der Waals surface area contributed by atoms with Gasteiger partial charge in [-0.05, 0) is 44.2 Å². The predicted molar refractivity (Wildman–Crippen MR) is 106 cm³/mol. The molecular formula is C21H18ClF3N2O4. The molecule has 10 heteroatoms. The molecule has 1 saturated heterocycles. The number of benzene rings is 2. The summed E-state index contributed by atoms with van der Waals surface area (Å²) in [5.41, 5.74) is 0.403. The standard InChI is InChI=1S/C21H18ClF3N2O4/c1-11(2)30-17-6-4-12(9-15(17)21(23,24)25)19-26-18(27-31-19)14-5-3-13(10-16(14)22)20-28-7-8-29-20/h3-6,9-11,20H,7-8H2,1-2H3. The van der Waals surface area contributed by atoms with Crippen molar-refractivity contribution in [2.75, 3.05) is 13.2 Å². The fourth-order valence-electron chi connectivity index (χ4n) is 3.10. The summed E-state index contributed by atoms with van der Waals surface area (Å²) in [4.78, 5) is 4.22. The van der Waals surface area contributed by atoms with Gasteiger partial charge in [0, 0.05) is 16.7 Å². The van der Waals surface area contributed by atoms with E-state index < -0.39 is 24.1 Å². The Hall–Kier alpha value is -2.62. The van der Waals surface area contributed by atoms with E-state index in [-0.39, 0.29) is 23.0 Å². The minimum absolute atomic E-state index is 0.0702. The van der Waals surface area contributed by atoms with Crippen molar-refractivity contribution in [1.82, 2.24) is 10.1 Å². The Morgan fingerprint density at radius 1 is 1.10 bits per heavy atom. The molecule has 1 aliphatic heterocycles. The number of rotatable bonds is 5. The summed E-state index contributed by atoms with van der Waals surface area (Å²) in [6.45, 7) is 4.30. The molecule has 4 rings (SSSR count). The summed E-state index contributed by atoms with van der Waals surface area (Å²) >= 11 is 6.35. The third-order valence-corrected chi connectivity index (χ3v) is 4.76. The fraction of sp³-hybridized carbons (Fsp3) is 0.333. The highest BCUT2D eigenvalue weighted by molar-refractivity contribution is 6.33. The molecule has 0 radical (unpaired) electrons. The summed E-state index contributed by atoms with van der Waals surface area (Å²) in [5.74, 6) is -0.184. The first-order chi connectivity index (χ1) is 14.7. The highest BCUT2D eigenvalue weighted by atomic mass is 35.5. The minimum Gasteiger partial charge on any atom is -0.490 e. The first kappa shape index (κ1) is 21.6. The maximum Gasteiger partial charge on any atom is 0.419 e. The number of aromatic nitrogens is 2. The maximum absolute atomic E-state index is 13.5. The van der Waals surface area contributed by atoms with Crippen LogP contribution in [-0.2, 0) is 15.7 Å². The van der Waals surface area contributed by atoms with Gasteiger partial charge in [0.05, 0.1) is 29.9 Å². The number of alkyl halides is 3. The Bertz CT molecular complexity index is 1080. The summed E-state index contributed by atoms with van der Waals surface area (Å²) in [7, 11) is 0. The molecule has 0 N–H and O–H groups in total. The van der Waals surface area contributed by atoms with Crippen LogP contribution in [0.1, 0.15) is 31.3 Å². The molecule has 0 aliphatic carbocycles. The van der Waals surface area contributed by atoms with Crippen LogP contribution in [0.25, 0.3) is 22.8 Å². The number of ether oxygens (including phenoxy) is 3. The van der Waals surface area contributed by atoms with E-state index in [4.69, 9.17) is 30.3 Å². The maximum atomic E-state index is 13.5. The van der Waals surface area contributed by atoms with Crippen LogP contribution in [0.2, 0.25) is 5.02 Å². The molecule has 0 bridgehead atoms. The van der Waals surface area contributed by atoms with Gasteiger partial charge >= 0.3 is 6.18 Å². The van der Waals surface area contributed by atoms with Gasteiger partial charge in [0.15, 0.2) is 6.29 Å². The molecule has 6 nitrogen and oxygen atoms in total. The minimum atomic E-state index is -4.60. The number of nitrogens with zero attached hydrogens (tertiary/aromatic N) is 2. The van der Waals surface area contributed by atoms with Crippen LogP contribution in [0.5, 0.6) is 5.75 Å². The molecule has 3 aromatic rings. The van der Waals surface area contributed by atoms with Gasteiger partial charge < -0.3 is 18.7 Å². The van der Waals surface area contributed by atoms with E-state index in [9.17, 15) is 13.2 Å². The average molecular weight is 455 g/mol. The average Bonchev–Trinajstić information content (AvgIpc) is 3.39. The van der Waals surface area contributed by atoms with Crippen molar-refractivity contribution in [1.29, 1.82) is 0 Å². The normalized spacial score (nSPS) is 15.1. The highest BCUT2D eigenvalue weighted by Gasteiger charge is 2.35. The van der Waals surface area contributed by atoms with Gasteiger partial charge in [-0.2, -0.15) is 18.2 Å². The van der Waals surface area contributed by atoms with Crippen LogP contribution in [0.3, 0.4) is 0 Å². The molecule has 0 unspecified atom stereocenters. The predicted octanol–water partition coefficient (Wildman–Crippen LogP) is 5.91. The molecular weight excluding hydrogens is 437 g/mol. The zero-order valence-electron chi connectivity index (χ0n) is 16.6. The highest BCUT2D eigenvalue weighted by Crippen LogP contribution is 2.39. The molecule has 0 spiro atoms. The second kappa shape index (κ2) is 8.49. The molecule has 0 amide bonds. The summed E-state index contributed by atoms with van der Waals surface area (Å²) in [6, 6.07) is 8.71. The SMILES string of the molecule is CC(C)Oc1ccc(-c2nc(-c3ccc(C4OCCO4)cc3Cl)no2)cc1C(F)(F)F. The molecule has 1 fully saturated rings. The Morgan fingerprint density at radius 2 is 1.84 bits per heavy atom. The Morgan fingerprint density at radius 3 is 2.48 bits per heavy atom. The van der Waals surface area contributed by atoms with Gasteiger partial charge in [0.25, 0.3) is 5.89 Å². The number of halogens is 4. The van der Waals surface area contributed by atoms with Crippen molar-refractivity contribution >= 4 is 11.6 Å². The summed E-state index contributed by atoms with van der Waals surface area (Å²) in [5, 5.41) is 4.20. The lowest BCUT2D eigenvalue weighted by atomic mass is 10.1. The van der Waals surface area contributed by atoms with Crippen LogP contribution in [0.4, 0.5) is 13.2 Å². The molecule has 2 heterocycles. The van der Waals surface area contributed by atoms with Gasteiger partial charge in [-0.15, -0.1) is 0 Å². The first-order valence-corrected chi connectivity index (χ1v) is 9.85. The van der Waals surface area contributed by atoms with Gasteiger partial charge in [-0.25, -0.2) is 0 Å². The quantitative estimate of drug-likeness (QED) is 0.477. The van der Waals surface area contributed by atoms with Gasteiger partial charge in [0.1, 0.15) is 5.75 Å². The molecule has 0 atom stereocenters. The van der Waals surface area contributed by atoms with Gasteiger partial charge in [-0.1, -0.05) is 22.8 Å². The van der Waals surface area contributed by atoms with Crippen molar-refractivity contribution in [3.8, 4) is 28.6 Å². The first-order valence-electron chi connectivity index (χ1n) is 9.47. The van der Waals surface area contributed by atoms with E-state index in [0.717, 1.165) is 11.6 Å². The van der Waals surface area contributed by atoms with E-state index in [2.05, 4.69) is 10.1 Å². The summed E-state index contributed by atoms with van der Waals surface area (Å²) < 4.78 is 61.9. The lowest BCUT2D eigenvalue weighted by Crippen LogP contribution is -2.13. The van der Waals surface area contributed by atoms with Crippen molar-refractivity contribution in [3.05, 3.63) is 52.5 Å². The monoisotopic (exact) mass is 454 g/mol. The van der Waals surface area contributed by atoms with E-state index in [0.29, 0.717) is 23.8 Å². The second-order valence-corrected chi connectivity index (χ2v) is 7.52. The van der Waals surface area contributed by atoms with Crippen molar-refractivity contribution in [2.45, 2.75) is 32.4 Å². The Labute approximate surface area is 180 Å². The van der Waals surface area contributed by atoms with Crippen LogP contribution in [-0.4, -0.2) is 29.5 Å². The third-order valence-electron chi connectivity index (χ3n) is 4.45. The molecule has 31 heavy (non-hydrogen) atoms. The number of hydrogen-bond donors (Lipinski definition) is 0. The number of hydrogen-bond acceptors (Lipinski definition) is 6. The third kappa shape index (κ3) is 4.68. The van der Waals surface area contributed by atoms with Crippen LogP contribution >= 0.6 is 11.6 Å². The Kier molecular flexibility index (Phi) is 5.92. The lowest BCUT2D eigenvalue weighted by molar-refractivity contribution is -0.139. The molecule has 0 saturated carbocycles. The van der Waals surface area contributed by atoms with Crippen molar-refractivity contribution in [2.24, 2.45) is 0 Å². The van der Waals surface area contributed by atoms with E-state index in [1.54, 1.807) is 32.0 Å². The molecule has 1 aromatic heterocycles. The van der Waals surface area contributed by atoms with Crippen LogP contribution < -0.4 is 4.74 Å². The van der Waals surface area contributed by atoms with Crippen molar-refractivity contribution in [3.63, 3.8) is 0 Å². The fourth-order valence-corrected chi connectivity index (χ4v) is 3.38. The van der Waals surface area contributed by atoms with Crippen LogP contribution in [0.15, 0.2) is 40.9 Å². The molecule has 2 aromatic carbocycles. The molecule has 164 valence electrons. The second-order valence-electron chi connectivity index (χ2n) is 7.11. The lowest BCUT2D eigenvalue weighted by Gasteiger charge is -2.16. The molecule has 1 aliphatic rings. The van der Waals surface area contributed by atoms with E-state index >= 15 is 0 Å². The van der Waals surface area contributed by atoms with E-state index in [1.165, 1.54) is 12.1 Å².